The number of rotatable bonds is 2. The molecule has 1 saturated heterocycles. The highest BCUT2D eigenvalue weighted by molar-refractivity contribution is 5.81. The lowest BCUT2D eigenvalue weighted by Crippen LogP contribution is -2.50. The number of anilines is 1. The van der Waals surface area contributed by atoms with Gasteiger partial charge in [-0.25, -0.2) is 0 Å². The van der Waals surface area contributed by atoms with Crippen molar-refractivity contribution in [1.82, 2.24) is 10.3 Å². The second kappa shape index (κ2) is 5.44. The maximum absolute atomic E-state index is 12.5. The van der Waals surface area contributed by atoms with Gasteiger partial charge in [-0.05, 0) is 51.4 Å². The summed E-state index contributed by atoms with van der Waals surface area (Å²) < 4.78 is 0. The van der Waals surface area contributed by atoms with Crippen molar-refractivity contribution in [2.45, 2.75) is 32.2 Å². The van der Waals surface area contributed by atoms with Crippen LogP contribution in [-0.2, 0) is 11.2 Å². The third-order valence-electron chi connectivity index (χ3n) is 4.43. The van der Waals surface area contributed by atoms with Crippen LogP contribution in [0.4, 0.5) is 5.69 Å². The Kier molecular flexibility index (Phi) is 3.66. The number of amides is 1. The summed E-state index contributed by atoms with van der Waals surface area (Å²) >= 11 is 0. The van der Waals surface area contributed by atoms with Crippen LogP contribution in [0.15, 0.2) is 24.3 Å². The van der Waals surface area contributed by atoms with E-state index in [1.165, 1.54) is 5.56 Å². The Morgan fingerprint density at radius 3 is 2.95 bits per heavy atom. The van der Waals surface area contributed by atoms with Crippen LogP contribution in [0, 0.1) is 5.92 Å². The van der Waals surface area contributed by atoms with Gasteiger partial charge in [-0.1, -0.05) is 18.2 Å². The van der Waals surface area contributed by atoms with Crippen LogP contribution in [0.3, 0.4) is 0 Å². The van der Waals surface area contributed by atoms with E-state index in [9.17, 15) is 4.79 Å². The number of carbonyl (C=O) groups is 1. The molecule has 1 aromatic carbocycles. The molecule has 4 heteroatoms. The Hall–Kier alpha value is -1.55. The molecule has 1 aromatic rings. The molecule has 2 atom stereocenters. The zero-order valence-corrected chi connectivity index (χ0v) is 12.3. The van der Waals surface area contributed by atoms with E-state index in [-0.39, 0.29) is 11.8 Å². The summed E-state index contributed by atoms with van der Waals surface area (Å²) in [6, 6.07) is 8.66. The summed E-state index contributed by atoms with van der Waals surface area (Å²) in [5.41, 5.74) is 5.61. The van der Waals surface area contributed by atoms with Gasteiger partial charge in [-0.2, -0.15) is 0 Å². The topological polar surface area (TPSA) is 35.6 Å². The molecular weight excluding hydrogens is 250 g/mol. The molecule has 0 aromatic heterocycles. The molecule has 0 spiro atoms. The molecule has 4 nitrogen and oxygen atoms in total. The highest BCUT2D eigenvalue weighted by Gasteiger charge is 2.30. The molecule has 20 heavy (non-hydrogen) atoms. The average Bonchev–Trinajstić information content (AvgIpc) is 2.75. The van der Waals surface area contributed by atoms with E-state index in [4.69, 9.17) is 0 Å². The van der Waals surface area contributed by atoms with E-state index in [1.54, 1.807) is 0 Å². The minimum absolute atomic E-state index is 0.119. The minimum atomic E-state index is 0.119. The normalized spacial score (nSPS) is 26.4. The second-order valence-corrected chi connectivity index (χ2v) is 6.13. The summed E-state index contributed by atoms with van der Waals surface area (Å²) in [6.45, 7) is 4.13. The lowest BCUT2D eigenvalue weighted by molar-refractivity contribution is -0.126. The predicted octanol–water partition coefficient (Wildman–Crippen LogP) is 1.81. The highest BCUT2D eigenvalue weighted by atomic mass is 16.2. The maximum Gasteiger partial charge on any atom is 0.242 e. The van der Waals surface area contributed by atoms with Gasteiger partial charge < -0.3 is 4.90 Å². The Bertz CT molecular complexity index is 502. The molecule has 2 aliphatic heterocycles. The monoisotopic (exact) mass is 273 g/mol. The fourth-order valence-corrected chi connectivity index (χ4v) is 3.33. The van der Waals surface area contributed by atoms with E-state index in [2.05, 4.69) is 42.5 Å². The Balaban J connectivity index is 1.70. The van der Waals surface area contributed by atoms with E-state index in [0.29, 0.717) is 6.04 Å². The van der Waals surface area contributed by atoms with Crippen molar-refractivity contribution in [3.63, 3.8) is 0 Å². The van der Waals surface area contributed by atoms with Crippen LogP contribution in [0.25, 0.3) is 0 Å². The smallest absolute Gasteiger partial charge is 0.242 e. The van der Waals surface area contributed by atoms with Crippen molar-refractivity contribution in [2.75, 3.05) is 25.1 Å². The van der Waals surface area contributed by atoms with Crippen LogP contribution >= 0.6 is 0 Å². The molecule has 0 bridgehead atoms. The molecule has 2 aliphatic rings. The van der Waals surface area contributed by atoms with Crippen molar-refractivity contribution < 1.29 is 4.79 Å². The minimum Gasteiger partial charge on any atom is -0.306 e. The number of fused-ring (bicyclic) bond motifs is 1. The van der Waals surface area contributed by atoms with Crippen LogP contribution in [0.1, 0.15) is 25.3 Å². The van der Waals surface area contributed by atoms with Gasteiger partial charge in [0.2, 0.25) is 5.91 Å². The number of hydrazine groups is 1. The van der Waals surface area contributed by atoms with Crippen molar-refractivity contribution in [2.24, 2.45) is 5.92 Å². The SMILES string of the molecule is CC1Cc2ccccc2N1NC(=O)C1CCCN(C)C1. The number of nitrogens with one attached hydrogen (secondary N) is 1. The molecule has 2 heterocycles. The number of piperidine rings is 1. The van der Waals surface area contributed by atoms with Crippen LogP contribution in [0.5, 0.6) is 0 Å². The van der Waals surface area contributed by atoms with Crippen molar-refractivity contribution in [1.29, 1.82) is 0 Å². The fourth-order valence-electron chi connectivity index (χ4n) is 3.33. The fraction of sp³-hybridized carbons (Fsp3) is 0.562. The first-order valence-corrected chi connectivity index (χ1v) is 7.51. The van der Waals surface area contributed by atoms with Crippen molar-refractivity contribution in [3.8, 4) is 0 Å². The molecule has 0 radical (unpaired) electrons. The van der Waals surface area contributed by atoms with Crippen LogP contribution in [-0.4, -0.2) is 37.0 Å². The lowest BCUT2D eigenvalue weighted by Gasteiger charge is -2.32. The number of hydrogen-bond donors (Lipinski definition) is 1. The number of nitrogens with zero attached hydrogens (tertiary/aromatic N) is 2. The third-order valence-corrected chi connectivity index (χ3v) is 4.43. The molecular formula is C16H23N3O. The lowest BCUT2D eigenvalue weighted by atomic mass is 9.98. The zero-order chi connectivity index (χ0) is 14.1. The zero-order valence-electron chi connectivity index (χ0n) is 12.3. The van der Waals surface area contributed by atoms with Gasteiger partial charge in [0.05, 0.1) is 17.6 Å². The molecule has 0 saturated carbocycles. The molecule has 1 amide bonds. The number of para-hydroxylation sites is 1. The standard InChI is InChI=1S/C16H23N3O/c1-12-10-13-6-3-4-8-15(13)19(12)17-16(20)14-7-5-9-18(2)11-14/h3-4,6,8,12,14H,5,7,9-11H2,1-2H3,(H,17,20). The summed E-state index contributed by atoms with van der Waals surface area (Å²) in [7, 11) is 2.09. The Morgan fingerprint density at radius 2 is 2.15 bits per heavy atom. The quantitative estimate of drug-likeness (QED) is 0.892. The summed E-state index contributed by atoms with van der Waals surface area (Å²) in [5, 5.41) is 2.05. The van der Waals surface area contributed by atoms with Gasteiger partial charge >= 0.3 is 0 Å². The largest absolute Gasteiger partial charge is 0.306 e. The molecule has 1 fully saturated rings. The van der Waals surface area contributed by atoms with E-state index >= 15 is 0 Å². The molecule has 1 N–H and O–H groups in total. The van der Waals surface area contributed by atoms with Crippen LogP contribution < -0.4 is 10.4 Å². The van der Waals surface area contributed by atoms with Crippen molar-refractivity contribution >= 4 is 11.6 Å². The van der Waals surface area contributed by atoms with E-state index < -0.39 is 0 Å². The van der Waals surface area contributed by atoms with E-state index in [1.807, 2.05) is 11.1 Å². The molecule has 3 rings (SSSR count). The number of carbonyl (C=O) groups excluding carboxylic acids is 1. The third kappa shape index (κ3) is 2.52. The number of likely N-dealkylation sites (tertiary alicyclic amines) is 1. The summed E-state index contributed by atoms with van der Waals surface area (Å²) in [6.07, 6.45) is 3.11. The Morgan fingerprint density at radius 1 is 1.35 bits per heavy atom. The van der Waals surface area contributed by atoms with Gasteiger partial charge in [0.1, 0.15) is 0 Å². The van der Waals surface area contributed by atoms with Gasteiger partial charge in [0, 0.05) is 6.54 Å². The molecule has 2 unspecified atom stereocenters. The second-order valence-electron chi connectivity index (χ2n) is 6.13. The Labute approximate surface area is 120 Å². The molecule has 0 aliphatic carbocycles. The summed E-state index contributed by atoms with van der Waals surface area (Å²) in [5.74, 6) is 0.286. The number of benzene rings is 1. The van der Waals surface area contributed by atoms with Gasteiger partial charge in [-0.3, -0.25) is 15.2 Å². The molecule has 108 valence electrons. The van der Waals surface area contributed by atoms with E-state index in [0.717, 1.165) is 38.0 Å². The predicted molar refractivity (Wildman–Crippen MR) is 80.5 cm³/mol. The van der Waals surface area contributed by atoms with Gasteiger partial charge in [0.15, 0.2) is 0 Å². The first kappa shape index (κ1) is 13.4. The van der Waals surface area contributed by atoms with Gasteiger partial charge in [0.25, 0.3) is 0 Å². The summed E-state index contributed by atoms with van der Waals surface area (Å²) in [4.78, 5) is 14.7. The highest BCUT2D eigenvalue weighted by Crippen LogP contribution is 2.30. The van der Waals surface area contributed by atoms with Gasteiger partial charge in [-0.15, -0.1) is 0 Å². The van der Waals surface area contributed by atoms with Crippen LogP contribution in [0.2, 0.25) is 0 Å². The first-order valence-electron chi connectivity index (χ1n) is 7.51. The number of hydrogen-bond acceptors (Lipinski definition) is 3. The van der Waals surface area contributed by atoms with Crippen molar-refractivity contribution in [3.05, 3.63) is 29.8 Å². The first-order chi connectivity index (χ1) is 9.65. The average molecular weight is 273 g/mol. The maximum atomic E-state index is 12.5.